The van der Waals surface area contributed by atoms with Crippen molar-refractivity contribution in [2.45, 2.75) is 26.3 Å². The molecule has 0 bridgehead atoms. The average Bonchev–Trinajstić information content (AvgIpc) is 2.84. The van der Waals surface area contributed by atoms with Crippen LogP contribution in [0.5, 0.6) is 11.5 Å². The largest absolute Gasteiger partial charge is 0.504 e. The number of nitrogens with zero attached hydrogens (tertiary/aromatic N) is 2. The molecule has 2 N–H and O–H groups in total. The van der Waals surface area contributed by atoms with Gasteiger partial charge in [-0.2, -0.15) is 0 Å². The first-order valence-electron chi connectivity index (χ1n) is 7.61. The van der Waals surface area contributed by atoms with Gasteiger partial charge in [-0.15, -0.1) is 0 Å². The van der Waals surface area contributed by atoms with Crippen LogP contribution >= 0.6 is 11.6 Å². The van der Waals surface area contributed by atoms with Crippen molar-refractivity contribution in [2.24, 2.45) is 0 Å². The summed E-state index contributed by atoms with van der Waals surface area (Å²) in [6, 6.07) is 8.87. The number of halogens is 1. The van der Waals surface area contributed by atoms with Gasteiger partial charge in [-0.1, -0.05) is 11.6 Å². The Hall–Kier alpha value is -2.40. The molecule has 2 aromatic heterocycles. The Labute approximate surface area is 145 Å². The minimum absolute atomic E-state index is 0.0957. The molecule has 24 heavy (non-hydrogen) atoms. The molecular formula is C18H20ClN3O2. The summed E-state index contributed by atoms with van der Waals surface area (Å²) in [7, 11) is 1.52. The second kappa shape index (κ2) is 5.91. The van der Waals surface area contributed by atoms with Crippen LogP contribution in [0.4, 0.5) is 5.82 Å². The highest BCUT2D eigenvalue weighted by molar-refractivity contribution is 6.30. The lowest BCUT2D eigenvalue weighted by Gasteiger charge is -2.22. The first-order valence-corrected chi connectivity index (χ1v) is 7.99. The first-order chi connectivity index (χ1) is 11.3. The van der Waals surface area contributed by atoms with E-state index in [2.05, 4.69) is 26.1 Å². The van der Waals surface area contributed by atoms with Crippen LogP contribution in [0.2, 0.25) is 5.02 Å². The van der Waals surface area contributed by atoms with E-state index in [-0.39, 0.29) is 11.3 Å². The number of nitrogens with one attached hydrogen (secondary N) is 1. The summed E-state index contributed by atoms with van der Waals surface area (Å²) in [6.07, 6.45) is 1.83. The number of pyridine rings is 1. The van der Waals surface area contributed by atoms with Crippen molar-refractivity contribution in [1.29, 1.82) is 0 Å². The number of aromatic nitrogens is 2. The maximum Gasteiger partial charge on any atom is 0.161 e. The molecule has 0 atom stereocenters. The highest BCUT2D eigenvalue weighted by Crippen LogP contribution is 2.36. The molecule has 0 aliphatic rings. The lowest BCUT2D eigenvalue weighted by Crippen LogP contribution is -2.27. The summed E-state index contributed by atoms with van der Waals surface area (Å²) in [6.45, 7) is 6.24. The highest BCUT2D eigenvalue weighted by atomic mass is 35.5. The van der Waals surface area contributed by atoms with Crippen LogP contribution < -0.4 is 10.1 Å². The molecule has 3 aromatic rings. The van der Waals surface area contributed by atoms with Crippen molar-refractivity contribution < 1.29 is 9.84 Å². The number of rotatable bonds is 3. The number of phenols is 1. The van der Waals surface area contributed by atoms with Gasteiger partial charge in [0.1, 0.15) is 17.2 Å². The molecule has 0 fully saturated rings. The third kappa shape index (κ3) is 3.12. The fourth-order valence-electron chi connectivity index (χ4n) is 2.52. The Morgan fingerprint density at radius 3 is 2.62 bits per heavy atom. The predicted octanol–water partition coefficient (Wildman–Crippen LogP) is 4.58. The Bertz CT molecular complexity index is 897. The number of hydrogen-bond acceptors (Lipinski definition) is 4. The van der Waals surface area contributed by atoms with E-state index in [1.807, 2.05) is 28.8 Å². The van der Waals surface area contributed by atoms with E-state index in [1.54, 1.807) is 12.1 Å². The molecule has 0 aliphatic carbocycles. The fourth-order valence-corrected chi connectivity index (χ4v) is 2.68. The SMILES string of the molecule is COc1cc(-c2nc3ccc(Cl)cn3c2NC(C)(C)C)ccc1O. The van der Waals surface area contributed by atoms with Crippen molar-refractivity contribution >= 4 is 23.1 Å². The molecule has 0 radical (unpaired) electrons. The van der Waals surface area contributed by atoms with Crippen molar-refractivity contribution in [1.82, 2.24) is 9.38 Å². The molecule has 0 unspecified atom stereocenters. The topological polar surface area (TPSA) is 58.8 Å². The number of aromatic hydroxyl groups is 1. The van der Waals surface area contributed by atoms with Crippen molar-refractivity contribution in [2.75, 3.05) is 12.4 Å². The highest BCUT2D eigenvalue weighted by Gasteiger charge is 2.20. The quantitative estimate of drug-likeness (QED) is 0.729. The minimum atomic E-state index is -0.159. The fraction of sp³-hybridized carbons (Fsp3) is 0.278. The molecule has 3 rings (SSSR count). The molecule has 0 aliphatic heterocycles. The molecule has 0 spiro atoms. The average molecular weight is 346 g/mol. The Morgan fingerprint density at radius 1 is 1.21 bits per heavy atom. The maximum atomic E-state index is 9.83. The van der Waals surface area contributed by atoms with E-state index < -0.39 is 0 Å². The number of hydrogen-bond donors (Lipinski definition) is 2. The third-order valence-corrected chi connectivity index (χ3v) is 3.75. The second-order valence-electron chi connectivity index (χ2n) is 6.65. The number of phenolic OH excluding ortho intramolecular Hbond substituents is 1. The molecule has 5 nitrogen and oxygen atoms in total. The van der Waals surface area contributed by atoms with Crippen LogP contribution in [0, 0.1) is 0 Å². The summed E-state index contributed by atoms with van der Waals surface area (Å²) >= 11 is 6.16. The summed E-state index contributed by atoms with van der Waals surface area (Å²) in [5.41, 5.74) is 2.24. The first kappa shape index (κ1) is 16.5. The van der Waals surface area contributed by atoms with Crippen LogP contribution in [-0.2, 0) is 0 Å². The minimum Gasteiger partial charge on any atom is -0.504 e. The molecule has 2 heterocycles. The van der Waals surface area contributed by atoms with Gasteiger partial charge in [-0.3, -0.25) is 4.40 Å². The van der Waals surface area contributed by atoms with E-state index in [4.69, 9.17) is 21.3 Å². The lowest BCUT2D eigenvalue weighted by molar-refractivity contribution is 0.373. The monoisotopic (exact) mass is 345 g/mol. The molecule has 6 heteroatoms. The normalized spacial score (nSPS) is 11.7. The Balaban J connectivity index is 2.25. The zero-order chi connectivity index (χ0) is 17.5. The number of methoxy groups -OCH3 is 1. The molecule has 0 saturated carbocycles. The van der Waals surface area contributed by atoms with Crippen LogP contribution in [0.15, 0.2) is 36.5 Å². The smallest absolute Gasteiger partial charge is 0.161 e. The second-order valence-corrected chi connectivity index (χ2v) is 7.08. The predicted molar refractivity (Wildman–Crippen MR) is 97.2 cm³/mol. The van der Waals surface area contributed by atoms with Gasteiger partial charge in [0.25, 0.3) is 0 Å². The summed E-state index contributed by atoms with van der Waals surface area (Å²) < 4.78 is 7.15. The molecule has 126 valence electrons. The number of fused-ring (bicyclic) bond motifs is 1. The molecule has 0 amide bonds. The van der Waals surface area contributed by atoms with Crippen molar-refractivity contribution in [3.63, 3.8) is 0 Å². The Morgan fingerprint density at radius 2 is 1.96 bits per heavy atom. The van der Waals surface area contributed by atoms with E-state index in [0.29, 0.717) is 10.8 Å². The van der Waals surface area contributed by atoms with Gasteiger partial charge >= 0.3 is 0 Å². The number of benzene rings is 1. The van der Waals surface area contributed by atoms with Gasteiger partial charge < -0.3 is 15.2 Å². The third-order valence-electron chi connectivity index (χ3n) is 3.53. The van der Waals surface area contributed by atoms with Gasteiger partial charge in [0.2, 0.25) is 0 Å². The van der Waals surface area contributed by atoms with Gasteiger partial charge in [-0.05, 0) is 51.1 Å². The molecular weight excluding hydrogens is 326 g/mol. The number of ether oxygens (including phenoxy) is 1. The summed E-state index contributed by atoms with van der Waals surface area (Å²) in [5, 5.41) is 14.0. The zero-order valence-corrected chi connectivity index (χ0v) is 14.8. The van der Waals surface area contributed by atoms with E-state index >= 15 is 0 Å². The van der Waals surface area contributed by atoms with Gasteiger partial charge in [-0.25, -0.2) is 4.98 Å². The van der Waals surface area contributed by atoms with Crippen LogP contribution in [0.25, 0.3) is 16.9 Å². The number of anilines is 1. The molecule has 0 saturated heterocycles. The van der Waals surface area contributed by atoms with E-state index in [0.717, 1.165) is 22.7 Å². The lowest BCUT2D eigenvalue weighted by atomic mass is 10.1. The van der Waals surface area contributed by atoms with Gasteiger partial charge in [0.15, 0.2) is 11.5 Å². The van der Waals surface area contributed by atoms with E-state index in [9.17, 15) is 5.11 Å². The summed E-state index contributed by atoms with van der Waals surface area (Å²) in [4.78, 5) is 4.72. The van der Waals surface area contributed by atoms with Crippen LogP contribution in [0.3, 0.4) is 0 Å². The Kier molecular flexibility index (Phi) is 4.05. The van der Waals surface area contributed by atoms with Crippen LogP contribution in [0.1, 0.15) is 20.8 Å². The maximum absolute atomic E-state index is 9.83. The van der Waals surface area contributed by atoms with Gasteiger partial charge in [0.05, 0.1) is 12.1 Å². The van der Waals surface area contributed by atoms with E-state index in [1.165, 1.54) is 7.11 Å². The van der Waals surface area contributed by atoms with Crippen LogP contribution in [-0.4, -0.2) is 27.1 Å². The van der Waals surface area contributed by atoms with Gasteiger partial charge in [0, 0.05) is 17.3 Å². The number of imidazole rings is 1. The zero-order valence-electron chi connectivity index (χ0n) is 14.1. The van der Waals surface area contributed by atoms with Crippen molar-refractivity contribution in [3.05, 3.63) is 41.6 Å². The van der Waals surface area contributed by atoms with Crippen molar-refractivity contribution in [3.8, 4) is 22.8 Å². The summed E-state index contributed by atoms with van der Waals surface area (Å²) in [5.74, 6) is 1.34. The molecule has 1 aromatic carbocycles. The standard InChI is InChI=1S/C18H20ClN3O2/c1-18(2,3)21-17-16(11-5-7-13(23)14(9-11)24-4)20-15-8-6-12(19)10-22(15)17/h5-10,21,23H,1-4H3.